The van der Waals surface area contributed by atoms with Gasteiger partial charge in [0, 0.05) is 0 Å². The Labute approximate surface area is 104 Å². The maximum Gasteiger partial charge on any atom is 0.319 e. The molecule has 16 heavy (non-hydrogen) atoms. The minimum Gasteiger partial charge on any atom is -0.465 e. The second-order valence-electron chi connectivity index (χ2n) is 3.23. The number of nitrogens with zero attached hydrogens (tertiary/aromatic N) is 2. The molecule has 0 bridgehead atoms. The van der Waals surface area contributed by atoms with E-state index in [2.05, 4.69) is 17.1 Å². The van der Waals surface area contributed by atoms with Crippen molar-refractivity contribution in [3.63, 3.8) is 0 Å². The Morgan fingerprint density at radius 1 is 1.50 bits per heavy atom. The van der Waals surface area contributed by atoms with Gasteiger partial charge in [0.15, 0.2) is 4.34 Å². The van der Waals surface area contributed by atoms with Crippen LogP contribution in [0.4, 0.5) is 0 Å². The molecule has 6 heteroatoms. The van der Waals surface area contributed by atoms with Crippen LogP contribution in [-0.4, -0.2) is 28.0 Å². The third-order valence-corrected chi connectivity index (χ3v) is 4.02. The van der Waals surface area contributed by atoms with Crippen LogP contribution in [0.5, 0.6) is 0 Å². The summed E-state index contributed by atoms with van der Waals surface area (Å²) in [5.74, 6) is -0.151. The molecule has 1 atom stereocenters. The first-order valence-electron chi connectivity index (χ1n) is 5.30. The topological polar surface area (TPSA) is 52.1 Å². The predicted molar refractivity (Wildman–Crippen MR) is 65.8 cm³/mol. The molecular formula is C10H16N2O2S2. The lowest BCUT2D eigenvalue weighted by molar-refractivity contribution is -0.142. The monoisotopic (exact) mass is 260 g/mol. The van der Waals surface area contributed by atoms with Crippen molar-refractivity contribution < 1.29 is 9.53 Å². The molecule has 0 aliphatic heterocycles. The minimum absolute atomic E-state index is 0.151. The molecule has 0 amide bonds. The van der Waals surface area contributed by atoms with E-state index in [-0.39, 0.29) is 11.2 Å². The standard InChI is InChI=1S/C10H16N2O2S2/c1-4-6-8(9(13)14-5-2)16-10-12-11-7(3)15-10/h8H,4-6H2,1-3H3. The smallest absolute Gasteiger partial charge is 0.319 e. The van der Waals surface area contributed by atoms with Gasteiger partial charge in [-0.05, 0) is 20.3 Å². The molecular weight excluding hydrogens is 244 g/mol. The first kappa shape index (κ1) is 13.4. The SMILES string of the molecule is CCCC(Sc1nnc(C)s1)C(=O)OCC. The van der Waals surface area contributed by atoms with Gasteiger partial charge < -0.3 is 4.74 Å². The Balaban J connectivity index is 2.60. The fraction of sp³-hybridized carbons (Fsp3) is 0.700. The molecule has 0 saturated heterocycles. The van der Waals surface area contributed by atoms with Gasteiger partial charge in [-0.2, -0.15) is 0 Å². The fourth-order valence-corrected chi connectivity index (χ4v) is 3.34. The van der Waals surface area contributed by atoms with E-state index in [0.717, 1.165) is 22.2 Å². The molecule has 90 valence electrons. The number of esters is 1. The van der Waals surface area contributed by atoms with Gasteiger partial charge in [0.1, 0.15) is 10.3 Å². The van der Waals surface area contributed by atoms with Gasteiger partial charge in [0.25, 0.3) is 0 Å². The maximum atomic E-state index is 11.7. The van der Waals surface area contributed by atoms with Crippen LogP contribution in [0.3, 0.4) is 0 Å². The Bertz CT molecular complexity index is 341. The van der Waals surface area contributed by atoms with Crippen molar-refractivity contribution in [2.75, 3.05) is 6.61 Å². The van der Waals surface area contributed by atoms with Crippen LogP contribution in [0.25, 0.3) is 0 Å². The lowest BCUT2D eigenvalue weighted by Crippen LogP contribution is -2.20. The van der Waals surface area contributed by atoms with E-state index in [4.69, 9.17) is 4.74 Å². The maximum absolute atomic E-state index is 11.7. The van der Waals surface area contributed by atoms with Crippen LogP contribution in [0, 0.1) is 6.92 Å². The third kappa shape index (κ3) is 4.09. The number of aromatic nitrogens is 2. The van der Waals surface area contributed by atoms with Crippen molar-refractivity contribution in [1.29, 1.82) is 0 Å². The molecule has 0 radical (unpaired) electrons. The molecule has 0 aromatic carbocycles. The van der Waals surface area contributed by atoms with E-state index in [1.54, 1.807) is 0 Å². The van der Waals surface area contributed by atoms with E-state index < -0.39 is 0 Å². The van der Waals surface area contributed by atoms with Gasteiger partial charge in [-0.3, -0.25) is 4.79 Å². The lowest BCUT2D eigenvalue weighted by atomic mass is 10.2. The summed E-state index contributed by atoms with van der Waals surface area (Å²) in [4.78, 5) is 11.7. The fourth-order valence-electron chi connectivity index (χ4n) is 1.17. The van der Waals surface area contributed by atoms with Crippen molar-refractivity contribution in [2.24, 2.45) is 0 Å². The zero-order chi connectivity index (χ0) is 12.0. The summed E-state index contributed by atoms with van der Waals surface area (Å²) in [5, 5.41) is 8.70. The summed E-state index contributed by atoms with van der Waals surface area (Å²) < 4.78 is 5.87. The molecule has 0 fully saturated rings. The molecule has 1 unspecified atom stereocenters. The van der Waals surface area contributed by atoms with Crippen LogP contribution in [0.1, 0.15) is 31.7 Å². The number of thioether (sulfide) groups is 1. The summed E-state index contributed by atoms with van der Waals surface area (Å²) in [7, 11) is 0. The Kier molecular flexibility index (Phi) is 5.76. The molecule has 0 aliphatic carbocycles. The highest BCUT2D eigenvalue weighted by molar-refractivity contribution is 8.02. The van der Waals surface area contributed by atoms with Crippen LogP contribution in [0.2, 0.25) is 0 Å². The number of carbonyl (C=O) groups is 1. The highest BCUT2D eigenvalue weighted by Crippen LogP contribution is 2.29. The van der Waals surface area contributed by atoms with Crippen molar-refractivity contribution in [2.45, 2.75) is 43.2 Å². The number of aryl methyl sites for hydroxylation is 1. The zero-order valence-corrected chi connectivity index (χ0v) is 11.4. The summed E-state index contributed by atoms with van der Waals surface area (Å²) in [6.45, 7) is 6.20. The van der Waals surface area contributed by atoms with Gasteiger partial charge in [0.05, 0.1) is 6.61 Å². The molecule has 0 saturated carbocycles. The molecule has 4 nitrogen and oxygen atoms in total. The van der Waals surface area contributed by atoms with Crippen LogP contribution >= 0.6 is 23.1 Å². The molecule has 1 aromatic heterocycles. The third-order valence-electron chi connectivity index (χ3n) is 1.85. The highest BCUT2D eigenvalue weighted by Gasteiger charge is 2.21. The second kappa shape index (κ2) is 6.85. The van der Waals surface area contributed by atoms with Crippen LogP contribution in [0.15, 0.2) is 4.34 Å². The Hall–Kier alpha value is -0.620. The van der Waals surface area contributed by atoms with Gasteiger partial charge >= 0.3 is 5.97 Å². The molecule has 0 aliphatic rings. The first-order chi connectivity index (χ1) is 7.67. The lowest BCUT2D eigenvalue weighted by Gasteiger charge is -2.11. The number of ether oxygens (including phenoxy) is 1. The average molecular weight is 260 g/mol. The number of rotatable bonds is 6. The summed E-state index contributed by atoms with van der Waals surface area (Å²) in [5.41, 5.74) is 0. The Morgan fingerprint density at radius 3 is 2.75 bits per heavy atom. The van der Waals surface area contributed by atoms with Crippen molar-refractivity contribution in [1.82, 2.24) is 10.2 Å². The van der Waals surface area contributed by atoms with E-state index in [9.17, 15) is 4.79 Å². The normalized spacial score (nSPS) is 12.4. The quantitative estimate of drug-likeness (QED) is 0.581. The molecule has 1 rings (SSSR count). The van der Waals surface area contributed by atoms with Crippen molar-refractivity contribution in [3.05, 3.63) is 5.01 Å². The summed E-state index contributed by atoms with van der Waals surface area (Å²) in [6.07, 6.45) is 1.76. The second-order valence-corrected chi connectivity index (χ2v) is 5.87. The molecule has 0 spiro atoms. The van der Waals surface area contributed by atoms with Crippen LogP contribution in [-0.2, 0) is 9.53 Å². The summed E-state index contributed by atoms with van der Waals surface area (Å²) >= 11 is 2.96. The van der Waals surface area contributed by atoms with Gasteiger partial charge in [-0.25, -0.2) is 0 Å². The highest BCUT2D eigenvalue weighted by atomic mass is 32.2. The van der Waals surface area contributed by atoms with Crippen molar-refractivity contribution in [3.8, 4) is 0 Å². The molecule has 1 aromatic rings. The van der Waals surface area contributed by atoms with E-state index in [1.807, 2.05) is 13.8 Å². The van der Waals surface area contributed by atoms with Crippen molar-refractivity contribution >= 4 is 29.1 Å². The van der Waals surface area contributed by atoms with Crippen LogP contribution < -0.4 is 0 Å². The predicted octanol–water partition coefficient (Wildman–Crippen LogP) is 2.67. The van der Waals surface area contributed by atoms with Gasteiger partial charge in [-0.1, -0.05) is 36.4 Å². The molecule has 0 N–H and O–H groups in total. The minimum atomic E-state index is -0.155. The number of hydrogen-bond acceptors (Lipinski definition) is 6. The summed E-state index contributed by atoms with van der Waals surface area (Å²) in [6, 6.07) is 0. The van der Waals surface area contributed by atoms with E-state index in [0.29, 0.717) is 6.61 Å². The van der Waals surface area contributed by atoms with Gasteiger partial charge in [0.2, 0.25) is 0 Å². The number of carbonyl (C=O) groups excluding carboxylic acids is 1. The van der Waals surface area contributed by atoms with Gasteiger partial charge in [-0.15, -0.1) is 10.2 Å². The zero-order valence-electron chi connectivity index (χ0n) is 9.73. The Morgan fingerprint density at radius 2 is 2.25 bits per heavy atom. The largest absolute Gasteiger partial charge is 0.465 e. The average Bonchev–Trinajstić information content (AvgIpc) is 2.64. The number of hydrogen-bond donors (Lipinski definition) is 0. The molecule has 1 heterocycles. The first-order valence-corrected chi connectivity index (χ1v) is 7.00. The van der Waals surface area contributed by atoms with E-state index in [1.165, 1.54) is 23.1 Å². The van der Waals surface area contributed by atoms with E-state index >= 15 is 0 Å².